The van der Waals surface area contributed by atoms with E-state index in [2.05, 4.69) is 66.9 Å². The number of thiophene rings is 1. The van der Waals surface area contributed by atoms with Crippen LogP contribution in [-0.4, -0.2) is 6.04 Å². The molecule has 0 radical (unpaired) electrons. The van der Waals surface area contributed by atoms with Crippen LogP contribution in [0, 0.1) is 18.3 Å². The molecule has 1 atom stereocenters. The fourth-order valence-corrected chi connectivity index (χ4v) is 3.62. The van der Waals surface area contributed by atoms with Crippen molar-refractivity contribution in [3.63, 3.8) is 0 Å². The highest BCUT2D eigenvalue weighted by Gasteiger charge is 2.34. The summed E-state index contributed by atoms with van der Waals surface area (Å²) in [6.45, 7) is 2.12. The van der Waals surface area contributed by atoms with Crippen molar-refractivity contribution in [1.29, 1.82) is 5.26 Å². The van der Waals surface area contributed by atoms with Crippen LogP contribution in [-0.2, 0) is 0 Å². The molecule has 0 spiro atoms. The Kier molecular flexibility index (Phi) is 3.40. The van der Waals surface area contributed by atoms with E-state index in [-0.39, 0.29) is 0 Å². The van der Waals surface area contributed by atoms with Crippen LogP contribution in [0.1, 0.15) is 27.3 Å². The summed E-state index contributed by atoms with van der Waals surface area (Å²) in [5.41, 5.74) is 5.34. The highest BCUT2D eigenvalue weighted by Crippen LogP contribution is 2.38. The van der Waals surface area contributed by atoms with E-state index in [9.17, 15) is 5.26 Å². The molecule has 1 aromatic carbocycles. The lowest BCUT2D eigenvalue weighted by molar-refractivity contribution is 0.848. The molecule has 1 saturated carbocycles. The second-order valence-electron chi connectivity index (χ2n) is 5.93. The zero-order valence-corrected chi connectivity index (χ0v) is 13.7. The topological polar surface area (TPSA) is 35.8 Å². The van der Waals surface area contributed by atoms with Gasteiger partial charge in [-0.25, -0.2) is 0 Å². The van der Waals surface area contributed by atoms with Crippen molar-refractivity contribution < 1.29 is 0 Å². The number of nitrogens with zero attached hydrogens (tertiary/aromatic N) is 1. The van der Waals surface area contributed by atoms with Gasteiger partial charge in [-0.1, -0.05) is 30.4 Å². The number of fused-ring (bicyclic) bond motifs is 1. The lowest BCUT2D eigenvalue weighted by Crippen LogP contribution is -2.18. The maximum Gasteiger partial charge on any atom is 0.121 e. The minimum Gasteiger partial charge on any atom is -0.369 e. The third-order valence-electron chi connectivity index (χ3n) is 4.16. The van der Waals surface area contributed by atoms with Gasteiger partial charge in [0.05, 0.1) is 6.04 Å². The first kappa shape index (κ1) is 14.0. The first-order chi connectivity index (χ1) is 11.2. The number of dihydropyridines is 1. The Morgan fingerprint density at radius 1 is 1.26 bits per heavy atom. The largest absolute Gasteiger partial charge is 0.369 e. The van der Waals surface area contributed by atoms with Crippen LogP contribution in [0.15, 0.2) is 53.7 Å². The third kappa shape index (κ3) is 2.86. The average molecular weight is 316 g/mol. The summed E-state index contributed by atoms with van der Waals surface area (Å²) >= 11 is 1.79. The van der Waals surface area contributed by atoms with Crippen LogP contribution in [0.25, 0.3) is 17.7 Å². The summed E-state index contributed by atoms with van der Waals surface area (Å²) in [6, 6.07) is 15.3. The number of benzene rings is 1. The molecule has 4 rings (SSSR count). The van der Waals surface area contributed by atoms with E-state index in [0.29, 0.717) is 11.7 Å². The number of hydrogen-bond donors (Lipinski definition) is 1. The number of nitrogens with one attached hydrogen (secondary N) is 1. The average Bonchev–Trinajstić information content (AvgIpc) is 3.23. The molecular weight excluding hydrogens is 300 g/mol. The second-order valence-corrected chi connectivity index (χ2v) is 7.25. The molecule has 1 aliphatic heterocycles. The quantitative estimate of drug-likeness (QED) is 0.886. The maximum absolute atomic E-state index is 9.37. The molecule has 23 heavy (non-hydrogen) atoms. The van der Waals surface area contributed by atoms with Gasteiger partial charge in [0, 0.05) is 15.3 Å². The van der Waals surface area contributed by atoms with Crippen LogP contribution in [0.5, 0.6) is 0 Å². The molecule has 1 aromatic heterocycles. The molecule has 0 saturated heterocycles. The molecule has 2 nitrogen and oxygen atoms in total. The summed E-state index contributed by atoms with van der Waals surface area (Å²) in [4.78, 5) is 2.58. The summed E-state index contributed by atoms with van der Waals surface area (Å²) in [7, 11) is 0. The van der Waals surface area contributed by atoms with Crippen LogP contribution in [0.2, 0.25) is 0 Å². The number of allylic oxidation sites excluding steroid dienone is 3. The molecule has 0 amide bonds. The Morgan fingerprint density at radius 3 is 2.96 bits per heavy atom. The van der Waals surface area contributed by atoms with Gasteiger partial charge >= 0.3 is 0 Å². The van der Waals surface area contributed by atoms with Gasteiger partial charge in [0.2, 0.25) is 0 Å². The fraction of sp³-hybridized carbons (Fsp3) is 0.150. The standard InChI is InChI=1S/C20H16N2S/c1-13-5-7-17(23-13)8-6-14-3-2-4-15(9-14)18-10-16-11-19(16)22-20(18)12-21/h2-10,19,22H,11H2,1H3/b8-6+. The van der Waals surface area contributed by atoms with Gasteiger partial charge < -0.3 is 5.32 Å². The molecule has 1 fully saturated rings. The van der Waals surface area contributed by atoms with Gasteiger partial charge in [-0.15, -0.1) is 11.3 Å². The Labute approximate surface area is 140 Å². The summed E-state index contributed by atoms with van der Waals surface area (Å²) in [5, 5.41) is 12.7. The van der Waals surface area contributed by atoms with Crippen molar-refractivity contribution >= 4 is 29.1 Å². The zero-order chi connectivity index (χ0) is 15.8. The minimum absolute atomic E-state index is 0.401. The highest BCUT2D eigenvalue weighted by molar-refractivity contribution is 7.12. The normalized spacial score (nSPS) is 19.1. The van der Waals surface area contributed by atoms with Crippen molar-refractivity contribution in [2.45, 2.75) is 19.4 Å². The van der Waals surface area contributed by atoms with Crippen LogP contribution in [0.4, 0.5) is 0 Å². The summed E-state index contributed by atoms with van der Waals surface area (Å²) < 4.78 is 0. The Bertz CT molecular complexity index is 906. The van der Waals surface area contributed by atoms with Crippen LogP contribution < -0.4 is 5.32 Å². The number of aryl methyl sites for hydroxylation is 1. The lowest BCUT2D eigenvalue weighted by atomic mass is 9.99. The van der Waals surface area contributed by atoms with Gasteiger partial charge in [-0.3, -0.25) is 0 Å². The molecule has 2 aromatic rings. The Morgan fingerprint density at radius 2 is 2.17 bits per heavy atom. The van der Waals surface area contributed by atoms with E-state index in [0.717, 1.165) is 23.1 Å². The number of hydrogen-bond acceptors (Lipinski definition) is 3. The summed E-state index contributed by atoms with van der Waals surface area (Å²) in [5.74, 6) is 0. The molecule has 3 heteroatoms. The van der Waals surface area contributed by atoms with Crippen molar-refractivity contribution in [2.75, 3.05) is 0 Å². The van der Waals surface area contributed by atoms with Gasteiger partial charge in [-0.05, 0) is 54.3 Å². The molecule has 2 aliphatic rings. The van der Waals surface area contributed by atoms with E-state index in [4.69, 9.17) is 0 Å². The van der Waals surface area contributed by atoms with Gasteiger partial charge in [0.25, 0.3) is 0 Å². The first-order valence-corrected chi connectivity index (χ1v) is 8.51. The predicted molar refractivity (Wildman–Crippen MR) is 96.6 cm³/mol. The smallest absolute Gasteiger partial charge is 0.121 e. The molecule has 1 N–H and O–H groups in total. The lowest BCUT2D eigenvalue weighted by Gasteiger charge is -2.13. The highest BCUT2D eigenvalue weighted by atomic mass is 32.1. The zero-order valence-electron chi connectivity index (χ0n) is 12.8. The minimum atomic E-state index is 0.401. The van der Waals surface area contributed by atoms with Crippen LogP contribution >= 0.6 is 11.3 Å². The van der Waals surface area contributed by atoms with E-state index >= 15 is 0 Å². The van der Waals surface area contributed by atoms with E-state index in [1.165, 1.54) is 15.3 Å². The van der Waals surface area contributed by atoms with E-state index in [1.54, 1.807) is 11.3 Å². The Balaban J connectivity index is 1.65. The molecule has 1 aliphatic carbocycles. The maximum atomic E-state index is 9.37. The van der Waals surface area contributed by atoms with Crippen molar-refractivity contribution in [2.24, 2.45) is 0 Å². The third-order valence-corrected chi connectivity index (χ3v) is 5.12. The SMILES string of the molecule is Cc1ccc(/C=C/c2cccc(C3=C(C#N)NC4CC4=C3)c2)s1. The van der Waals surface area contributed by atoms with Gasteiger partial charge in [0.15, 0.2) is 0 Å². The van der Waals surface area contributed by atoms with Crippen LogP contribution in [0.3, 0.4) is 0 Å². The number of nitriles is 1. The van der Waals surface area contributed by atoms with Gasteiger partial charge in [-0.2, -0.15) is 5.26 Å². The molecule has 112 valence electrons. The fourth-order valence-electron chi connectivity index (χ4n) is 2.84. The van der Waals surface area contributed by atoms with E-state index < -0.39 is 0 Å². The first-order valence-electron chi connectivity index (χ1n) is 7.69. The van der Waals surface area contributed by atoms with Crippen molar-refractivity contribution in [3.8, 4) is 6.07 Å². The molecule has 0 bridgehead atoms. The summed E-state index contributed by atoms with van der Waals surface area (Å²) in [6.07, 6.45) is 7.51. The van der Waals surface area contributed by atoms with Crippen molar-refractivity contribution in [3.05, 3.63) is 74.6 Å². The predicted octanol–water partition coefficient (Wildman–Crippen LogP) is 4.76. The van der Waals surface area contributed by atoms with E-state index in [1.807, 2.05) is 6.07 Å². The van der Waals surface area contributed by atoms with Crippen molar-refractivity contribution in [1.82, 2.24) is 5.32 Å². The monoisotopic (exact) mass is 316 g/mol. The molecular formula is C20H16N2S. The second kappa shape index (κ2) is 5.57. The molecule has 2 heterocycles. The molecule has 1 unspecified atom stereocenters. The Hall–Kier alpha value is -2.57. The van der Waals surface area contributed by atoms with Gasteiger partial charge in [0.1, 0.15) is 11.8 Å². The number of rotatable bonds is 3.